The first-order chi connectivity index (χ1) is 9.03. The normalized spacial score (nSPS) is 11.4. The maximum Gasteiger partial charge on any atom is 0.178 e. The predicted molar refractivity (Wildman–Crippen MR) is 76.4 cm³/mol. The molecule has 0 radical (unpaired) electrons. The van der Waals surface area contributed by atoms with Crippen LogP contribution in [-0.4, -0.2) is 19.3 Å². The lowest BCUT2D eigenvalue weighted by Gasteiger charge is -2.05. The van der Waals surface area contributed by atoms with Crippen molar-refractivity contribution in [1.29, 1.82) is 0 Å². The number of phenols is 1. The van der Waals surface area contributed by atoms with Crippen LogP contribution >= 0.6 is 11.8 Å². The van der Waals surface area contributed by atoms with Gasteiger partial charge in [0.2, 0.25) is 0 Å². The molecule has 0 atom stereocenters. The summed E-state index contributed by atoms with van der Waals surface area (Å²) in [5.41, 5.74) is 0. The predicted octanol–water partition coefficient (Wildman–Crippen LogP) is 3.34. The maximum absolute atomic E-state index is 11.7. The molecule has 0 heterocycles. The minimum atomic E-state index is -3.15. The fraction of sp³-hybridized carbons (Fsp3) is 0.143. The van der Waals surface area contributed by atoms with E-state index >= 15 is 0 Å². The van der Waals surface area contributed by atoms with E-state index in [-0.39, 0.29) is 11.5 Å². The molecule has 2 aromatic carbocycles. The summed E-state index contributed by atoms with van der Waals surface area (Å²) in [6.45, 7) is 1.63. The van der Waals surface area contributed by atoms with Crippen molar-refractivity contribution in [3.63, 3.8) is 0 Å². The maximum atomic E-state index is 11.7. The average molecular weight is 294 g/mol. The van der Waals surface area contributed by atoms with Crippen LogP contribution in [0.3, 0.4) is 0 Å². The van der Waals surface area contributed by atoms with E-state index in [4.69, 9.17) is 0 Å². The monoisotopic (exact) mass is 294 g/mol. The Bertz CT molecular complexity index is 661. The molecule has 0 unspecified atom stereocenters. The number of benzene rings is 2. The number of hydrogen-bond donors (Lipinski definition) is 1. The summed E-state index contributed by atoms with van der Waals surface area (Å²) in [7, 11) is -3.15. The Morgan fingerprint density at radius 3 is 2.26 bits per heavy atom. The summed E-state index contributed by atoms with van der Waals surface area (Å²) in [5, 5.41) is 9.68. The van der Waals surface area contributed by atoms with Crippen molar-refractivity contribution in [1.82, 2.24) is 0 Å². The van der Waals surface area contributed by atoms with Crippen LogP contribution in [0.1, 0.15) is 6.92 Å². The summed E-state index contributed by atoms with van der Waals surface area (Å²) in [6, 6.07) is 13.7. The van der Waals surface area contributed by atoms with Gasteiger partial charge in [-0.1, -0.05) is 30.8 Å². The number of hydrogen-bond acceptors (Lipinski definition) is 4. The second kappa shape index (κ2) is 5.67. The van der Waals surface area contributed by atoms with Gasteiger partial charge in [-0.15, -0.1) is 0 Å². The molecule has 0 saturated carbocycles. The molecular weight excluding hydrogens is 280 g/mol. The molecule has 3 nitrogen and oxygen atoms in total. The van der Waals surface area contributed by atoms with Crippen LogP contribution < -0.4 is 0 Å². The first kappa shape index (κ1) is 14.0. The highest BCUT2D eigenvalue weighted by atomic mass is 32.2. The molecule has 5 heteroatoms. The highest BCUT2D eigenvalue weighted by molar-refractivity contribution is 7.99. The van der Waals surface area contributed by atoms with E-state index in [0.29, 0.717) is 4.90 Å². The van der Waals surface area contributed by atoms with Gasteiger partial charge in [0.1, 0.15) is 5.75 Å². The largest absolute Gasteiger partial charge is 0.507 e. The van der Waals surface area contributed by atoms with Crippen molar-refractivity contribution in [3.8, 4) is 5.75 Å². The van der Waals surface area contributed by atoms with E-state index in [1.54, 1.807) is 43.3 Å². The van der Waals surface area contributed by atoms with Gasteiger partial charge < -0.3 is 5.11 Å². The van der Waals surface area contributed by atoms with E-state index in [0.717, 1.165) is 9.79 Å². The van der Waals surface area contributed by atoms with E-state index < -0.39 is 9.84 Å². The standard InChI is InChI=1S/C14H14O3S2/c1-2-19(16,17)12-9-7-11(8-10-12)18-14-6-4-3-5-13(14)15/h3-10,15H,2H2,1H3. The smallest absolute Gasteiger partial charge is 0.178 e. The van der Waals surface area contributed by atoms with Crippen LogP contribution in [0.25, 0.3) is 0 Å². The summed E-state index contributed by atoms with van der Waals surface area (Å²) < 4.78 is 23.4. The van der Waals surface area contributed by atoms with Gasteiger partial charge in [-0.2, -0.15) is 0 Å². The molecule has 0 bridgehead atoms. The molecule has 100 valence electrons. The second-order valence-electron chi connectivity index (χ2n) is 3.94. The lowest BCUT2D eigenvalue weighted by molar-refractivity contribution is 0.462. The third kappa shape index (κ3) is 3.30. The number of aromatic hydroxyl groups is 1. The highest BCUT2D eigenvalue weighted by Crippen LogP contribution is 2.34. The van der Waals surface area contributed by atoms with Gasteiger partial charge in [0.15, 0.2) is 9.84 Å². The third-order valence-electron chi connectivity index (χ3n) is 2.66. The number of sulfone groups is 1. The van der Waals surface area contributed by atoms with Crippen molar-refractivity contribution < 1.29 is 13.5 Å². The van der Waals surface area contributed by atoms with Gasteiger partial charge in [-0.3, -0.25) is 0 Å². The first-order valence-corrected chi connectivity index (χ1v) is 8.28. The molecule has 0 fully saturated rings. The van der Waals surface area contributed by atoms with Gasteiger partial charge in [0.25, 0.3) is 0 Å². The van der Waals surface area contributed by atoms with Crippen LogP contribution in [0.4, 0.5) is 0 Å². The molecule has 0 aliphatic carbocycles. The van der Waals surface area contributed by atoms with Crippen molar-refractivity contribution in [3.05, 3.63) is 48.5 Å². The van der Waals surface area contributed by atoms with Crippen LogP contribution in [0, 0.1) is 0 Å². The Kier molecular flexibility index (Phi) is 4.17. The van der Waals surface area contributed by atoms with Crippen LogP contribution in [0.2, 0.25) is 0 Å². The molecule has 19 heavy (non-hydrogen) atoms. The topological polar surface area (TPSA) is 54.4 Å². The van der Waals surface area contributed by atoms with Crippen molar-refractivity contribution in [2.75, 3.05) is 5.75 Å². The van der Waals surface area contributed by atoms with Crippen LogP contribution in [0.5, 0.6) is 5.75 Å². The number of para-hydroxylation sites is 1. The lowest BCUT2D eigenvalue weighted by Crippen LogP contribution is -2.02. The molecule has 1 N–H and O–H groups in total. The molecule has 0 aliphatic rings. The summed E-state index contributed by atoms with van der Waals surface area (Å²) in [5.74, 6) is 0.316. The zero-order valence-corrected chi connectivity index (χ0v) is 12.0. The summed E-state index contributed by atoms with van der Waals surface area (Å²) in [4.78, 5) is 1.96. The second-order valence-corrected chi connectivity index (χ2v) is 7.34. The Balaban J connectivity index is 2.23. The van der Waals surface area contributed by atoms with E-state index in [1.165, 1.54) is 11.8 Å². The number of phenolic OH excluding ortho intramolecular Hbond substituents is 1. The fourth-order valence-electron chi connectivity index (χ4n) is 1.55. The zero-order chi connectivity index (χ0) is 13.9. The first-order valence-electron chi connectivity index (χ1n) is 5.81. The van der Waals surface area contributed by atoms with E-state index in [2.05, 4.69) is 0 Å². The molecule has 2 aromatic rings. The minimum Gasteiger partial charge on any atom is -0.507 e. The Morgan fingerprint density at radius 1 is 1.05 bits per heavy atom. The zero-order valence-electron chi connectivity index (χ0n) is 10.4. The van der Waals surface area contributed by atoms with Crippen molar-refractivity contribution in [2.45, 2.75) is 21.6 Å². The molecule has 0 amide bonds. The quantitative estimate of drug-likeness (QED) is 0.939. The van der Waals surface area contributed by atoms with Gasteiger partial charge in [-0.05, 0) is 36.4 Å². The average Bonchev–Trinajstić information content (AvgIpc) is 2.42. The Morgan fingerprint density at radius 2 is 1.68 bits per heavy atom. The van der Waals surface area contributed by atoms with Gasteiger partial charge in [-0.25, -0.2) is 8.42 Å². The molecule has 0 saturated heterocycles. The van der Waals surface area contributed by atoms with E-state index in [9.17, 15) is 13.5 Å². The minimum absolute atomic E-state index is 0.0962. The summed E-state index contributed by atoms with van der Waals surface area (Å²) >= 11 is 1.40. The SMILES string of the molecule is CCS(=O)(=O)c1ccc(Sc2ccccc2O)cc1. The van der Waals surface area contributed by atoms with E-state index in [1.807, 2.05) is 12.1 Å². The van der Waals surface area contributed by atoms with Crippen molar-refractivity contribution >= 4 is 21.6 Å². The molecule has 0 aromatic heterocycles. The van der Waals surface area contributed by atoms with Crippen LogP contribution in [-0.2, 0) is 9.84 Å². The summed E-state index contributed by atoms with van der Waals surface area (Å²) in [6.07, 6.45) is 0. The van der Waals surface area contributed by atoms with Crippen LogP contribution in [0.15, 0.2) is 63.2 Å². The lowest BCUT2D eigenvalue weighted by atomic mass is 10.3. The third-order valence-corrected chi connectivity index (χ3v) is 5.48. The Labute approximate surface area is 117 Å². The number of rotatable bonds is 4. The Hall–Kier alpha value is -1.46. The van der Waals surface area contributed by atoms with Gasteiger partial charge in [0, 0.05) is 4.90 Å². The highest BCUT2D eigenvalue weighted by Gasteiger charge is 2.11. The van der Waals surface area contributed by atoms with Gasteiger partial charge in [0.05, 0.1) is 15.5 Å². The van der Waals surface area contributed by atoms with Gasteiger partial charge >= 0.3 is 0 Å². The molecule has 0 spiro atoms. The van der Waals surface area contributed by atoms with Crippen molar-refractivity contribution in [2.24, 2.45) is 0 Å². The molecule has 0 aliphatic heterocycles. The fourth-order valence-corrected chi connectivity index (χ4v) is 3.28. The molecule has 2 rings (SSSR count). The molecular formula is C14H14O3S2.